The van der Waals surface area contributed by atoms with Gasteiger partial charge in [-0.1, -0.05) is 42.4 Å². The minimum absolute atomic E-state index is 0.0350. The van der Waals surface area contributed by atoms with E-state index in [1.54, 1.807) is 12.2 Å². The van der Waals surface area contributed by atoms with Crippen molar-refractivity contribution >= 4 is 11.9 Å². The molecule has 38 heavy (non-hydrogen) atoms. The molecule has 0 aromatic rings. The highest BCUT2D eigenvalue weighted by Crippen LogP contribution is 2.72. The molecular formula is C29H36O9. The predicted molar refractivity (Wildman–Crippen MR) is 134 cm³/mol. The topological polar surface area (TPSA) is 113 Å². The van der Waals surface area contributed by atoms with Gasteiger partial charge in [0, 0.05) is 24.0 Å². The van der Waals surface area contributed by atoms with Crippen molar-refractivity contribution in [1.82, 2.24) is 0 Å². The highest BCUT2D eigenvalue weighted by Gasteiger charge is 2.85. The van der Waals surface area contributed by atoms with Crippen LogP contribution in [0.25, 0.3) is 0 Å². The third kappa shape index (κ3) is 3.78. The molecule has 9 nitrogen and oxygen atoms in total. The average molecular weight is 529 g/mol. The van der Waals surface area contributed by atoms with Crippen molar-refractivity contribution in [3.8, 4) is 0 Å². The van der Waals surface area contributed by atoms with Crippen LogP contribution in [0.4, 0.5) is 0 Å². The number of hydrogen-bond acceptors (Lipinski definition) is 9. The van der Waals surface area contributed by atoms with E-state index in [9.17, 15) is 14.7 Å². The second kappa shape index (κ2) is 9.13. The number of hydrogen-bond donors (Lipinski definition) is 1. The first-order chi connectivity index (χ1) is 18.1. The van der Waals surface area contributed by atoms with Gasteiger partial charge in [-0.25, -0.2) is 9.59 Å². The van der Waals surface area contributed by atoms with E-state index in [0.717, 1.165) is 12.0 Å². The van der Waals surface area contributed by atoms with Gasteiger partial charge in [-0.2, -0.15) is 0 Å². The van der Waals surface area contributed by atoms with Gasteiger partial charge in [0.05, 0.1) is 24.2 Å². The first kappa shape index (κ1) is 26.0. The smallest absolute Gasteiger partial charge is 0.331 e. The monoisotopic (exact) mass is 528 g/mol. The van der Waals surface area contributed by atoms with Gasteiger partial charge in [-0.15, -0.1) is 0 Å². The van der Waals surface area contributed by atoms with Gasteiger partial charge in [0.15, 0.2) is 6.29 Å². The molecule has 2 spiro atoms. The van der Waals surface area contributed by atoms with Gasteiger partial charge in [0.2, 0.25) is 0 Å². The van der Waals surface area contributed by atoms with Crippen LogP contribution in [-0.4, -0.2) is 78.8 Å². The van der Waals surface area contributed by atoms with Crippen molar-refractivity contribution in [2.24, 2.45) is 10.8 Å². The van der Waals surface area contributed by atoms with Crippen molar-refractivity contribution < 1.29 is 43.1 Å². The largest absolute Gasteiger partial charge is 0.462 e. The van der Waals surface area contributed by atoms with Crippen molar-refractivity contribution in [3.63, 3.8) is 0 Å². The fraction of sp³-hybridized carbons (Fsp3) is 0.655. The predicted octanol–water partition coefficient (Wildman–Crippen LogP) is 2.68. The lowest BCUT2D eigenvalue weighted by molar-refractivity contribution is -0.232. The molecule has 206 valence electrons. The number of aliphatic hydroxyl groups is 1. The molecule has 0 amide bonds. The first-order valence-electron chi connectivity index (χ1n) is 13.4. The molecule has 4 aliphatic heterocycles. The average Bonchev–Trinajstić information content (AvgIpc) is 3.57. The molecule has 6 aliphatic rings. The van der Waals surface area contributed by atoms with Crippen LogP contribution in [0.5, 0.6) is 0 Å². The van der Waals surface area contributed by atoms with Crippen molar-refractivity contribution in [1.29, 1.82) is 0 Å². The summed E-state index contributed by atoms with van der Waals surface area (Å²) in [7, 11) is 0. The lowest BCUT2D eigenvalue weighted by atomic mass is 9.51. The maximum Gasteiger partial charge on any atom is 0.331 e. The molecule has 9 heteroatoms. The Hall–Kier alpha value is -2.30. The zero-order valence-corrected chi connectivity index (χ0v) is 22.3. The van der Waals surface area contributed by atoms with E-state index in [1.165, 1.54) is 17.7 Å². The van der Waals surface area contributed by atoms with E-state index in [0.29, 0.717) is 19.4 Å². The van der Waals surface area contributed by atoms with Crippen LogP contribution in [0.15, 0.2) is 47.6 Å². The second-order valence-electron chi connectivity index (χ2n) is 11.8. The molecule has 6 rings (SSSR count). The Morgan fingerprint density at radius 2 is 1.79 bits per heavy atom. The number of allylic oxidation sites excluding steroid dienone is 3. The van der Waals surface area contributed by atoms with Crippen LogP contribution >= 0.6 is 0 Å². The second-order valence-corrected chi connectivity index (χ2v) is 11.8. The minimum atomic E-state index is -1.09. The maximum atomic E-state index is 13.0. The summed E-state index contributed by atoms with van der Waals surface area (Å²) in [6, 6.07) is 0. The Balaban J connectivity index is 1.40. The molecule has 1 saturated carbocycles. The quantitative estimate of drug-likeness (QED) is 0.288. The third-order valence-corrected chi connectivity index (χ3v) is 9.61. The number of epoxide rings is 1. The fourth-order valence-electron chi connectivity index (χ4n) is 7.36. The number of fused-ring (bicyclic) bond motifs is 2. The lowest BCUT2D eigenvalue weighted by Gasteiger charge is -2.58. The SMILES string of the molecule is CC1=C[C@H]2O[C@@H]3[C@H](O)[C@H]4OC(=O)/C=C\C=C\[C@@H]5O[C@H](C/C(C)=C/C(=O)OC[C@@]2(CC1)[C@]4(C)[C@]31CO1)O[C@H]5C. The van der Waals surface area contributed by atoms with Crippen molar-refractivity contribution in [3.05, 3.63) is 47.6 Å². The molecular weight excluding hydrogens is 492 g/mol. The molecule has 1 N–H and O–H groups in total. The fourth-order valence-corrected chi connectivity index (χ4v) is 7.36. The van der Waals surface area contributed by atoms with Crippen LogP contribution in [0.1, 0.15) is 47.0 Å². The van der Waals surface area contributed by atoms with Gasteiger partial charge in [-0.3, -0.25) is 0 Å². The maximum absolute atomic E-state index is 13.0. The van der Waals surface area contributed by atoms with E-state index >= 15 is 0 Å². The van der Waals surface area contributed by atoms with Gasteiger partial charge in [0.25, 0.3) is 0 Å². The number of rotatable bonds is 0. The Morgan fingerprint density at radius 1 is 1.00 bits per heavy atom. The highest BCUT2D eigenvalue weighted by molar-refractivity contribution is 5.83. The Kier molecular flexibility index (Phi) is 6.23. The summed E-state index contributed by atoms with van der Waals surface area (Å²) >= 11 is 0. The molecule has 2 aliphatic carbocycles. The normalized spacial score (nSPS) is 51.4. The van der Waals surface area contributed by atoms with E-state index in [1.807, 2.05) is 33.8 Å². The van der Waals surface area contributed by atoms with E-state index in [-0.39, 0.29) is 18.8 Å². The number of carbonyl (C=O) groups excluding carboxylic acids is 2. The molecule has 0 radical (unpaired) electrons. The van der Waals surface area contributed by atoms with Crippen LogP contribution < -0.4 is 0 Å². The van der Waals surface area contributed by atoms with Gasteiger partial charge >= 0.3 is 11.9 Å². The molecule has 10 atom stereocenters. The van der Waals surface area contributed by atoms with Crippen molar-refractivity contribution in [2.75, 3.05) is 13.2 Å². The van der Waals surface area contributed by atoms with E-state index in [2.05, 4.69) is 6.08 Å². The van der Waals surface area contributed by atoms with Crippen molar-refractivity contribution in [2.45, 2.75) is 95.5 Å². The van der Waals surface area contributed by atoms with E-state index < -0.39 is 59.1 Å². The first-order valence-corrected chi connectivity index (χ1v) is 13.4. The van der Waals surface area contributed by atoms with Crippen LogP contribution in [-0.2, 0) is 38.0 Å². The molecule has 4 heterocycles. The summed E-state index contributed by atoms with van der Waals surface area (Å²) in [5, 5.41) is 11.4. The van der Waals surface area contributed by atoms with Gasteiger partial charge in [0.1, 0.15) is 36.6 Å². The summed E-state index contributed by atoms with van der Waals surface area (Å²) in [5.74, 6) is -1.05. The van der Waals surface area contributed by atoms with Crippen LogP contribution in [0.3, 0.4) is 0 Å². The van der Waals surface area contributed by atoms with Crippen LogP contribution in [0, 0.1) is 10.8 Å². The minimum Gasteiger partial charge on any atom is -0.462 e. The van der Waals surface area contributed by atoms with Gasteiger partial charge in [-0.05, 0) is 33.6 Å². The molecule has 4 fully saturated rings. The summed E-state index contributed by atoms with van der Waals surface area (Å²) < 4.78 is 36.3. The summed E-state index contributed by atoms with van der Waals surface area (Å²) in [6.45, 7) is 8.21. The Labute approximate surface area is 222 Å². The Bertz CT molecular complexity index is 1130. The number of esters is 2. The lowest BCUT2D eigenvalue weighted by Crippen LogP contribution is -2.66. The number of carbonyl (C=O) groups is 2. The zero-order valence-electron chi connectivity index (χ0n) is 22.3. The number of aliphatic hydroxyl groups excluding tert-OH is 1. The zero-order chi connectivity index (χ0) is 26.9. The molecule has 0 aromatic carbocycles. The van der Waals surface area contributed by atoms with Gasteiger partial charge < -0.3 is 33.5 Å². The number of cyclic esters (lactones) is 1. The number of ether oxygens (including phenoxy) is 6. The highest BCUT2D eigenvalue weighted by atomic mass is 16.7. The molecule has 4 bridgehead atoms. The molecule has 3 saturated heterocycles. The summed E-state index contributed by atoms with van der Waals surface area (Å²) in [5.41, 5.74) is -0.499. The Morgan fingerprint density at radius 3 is 2.55 bits per heavy atom. The van der Waals surface area contributed by atoms with E-state index in [4.69, 9.17) is 28.4 Å². The molecule has 0 unspecified atom stereocenters. The summed E-state index contributed by atoms with van der Waals surface area (Å²) in [4.78, 5) is 26.0. The third-order valence-electron chi connectivity index (χ3n) is 9.61. The summed E-state index contributed by atoms with van der Waals surface area (Å²) in [6.07, 6.45) is 7.78. The van der Waals surface area contributed by atoms with Crippen LogP contribution in [0.2, 0.25) is 0 Å². The standard InChI is InChI=1S/C29H36O9/c1-16-9-10-28-14-33-22(31)12-17(2)13-23-35-18(3)19(36-23)7-5-6-8-21(30)38-25-24(32)26(37-20(28)11-16)29(15-34-29)27(25,28)4/h5-8,11-12,18-20,23-26,32H,9-10,13-15H2,1-4H3/b7-5+,8-6-,17-12+/t18-,19-,20+,23+,24+,25+,26+,27+,28+,29-/m0/s1. The molecule has 0 aromatic heterocycles.